The van der Waals surface area contributed by atoms with Gasteiger partial charge in [-0.15, -0.1) is 10.2 Å². The van der Waals surface area contributed by atoms with Gasteiger partial charge in [-0.25, -0.2) is 0 Å². The average molecular weight is 440 g/mol. The SMILES string of the molecule is CC1CCN(c2nnc(SCC(=O)Nc3cc(Cl)cc(Cl)c3)n2C2CC2)CC1. The summed E-state index contributed by atoms with van der Waals surface area (Å²) in [4.78, 5) is 14.7. The number of amides is 1. The molecular weight excluding hydrogens is 417 g/mol. The molecule has 0 spiro atoms. The number of anilines is 2. The number of hydrogen-bond acceptors (Lipinski definition) is 5. The standard InChI is InChI=1S/C19H23Cl2N5OS/c1-12-4-6-25(7-5-12)18-23-24-19(26(18)16-2-3-16)28-11-17(27)22-15-9-13(20)8-14(21)10-15/h8-10,12,16H,2-7,11H2,1H3,(H,22,27). The number of carbonyl (C=O) groups excluding carboxylic acids is 1. The Hall–Kier alpha value is -1.44. The first-order valence-electron chi connectivity index (χ1n) is 9.58. The van der Waals surface area contributed by atoms with E-state index in [1.165, 1.54) is 24.6 Å². The molecule has 2 fully saturated rings. The van der Waals surface area contributed by atoms with Gasteiger partial charge >= 0.3 is 0 Å². The zero-order valence-corrected chi connectivity index (χ0v) is 18.0. The highest BCUT2D eigenvalue weighted by molar-refractivity contribution is 7.99. The van der Waals surface area contributed by atoms with Gasteiger partial charge in [-0.2, -0.15) is 0 Å². The van der Waals surface area contributed by atoms with Gasteiger partial charge in [-0.05, 0) is 49.8 Å². The monoisotopic (exact) mass is 439 g/mol. The quantitative estimate of drug-likeness (QED) is 0.649. The zero-order valence-electron chi connectivity index (χ0n) is 15.7. The third kappa shape index (κ3) is 4.75. The number of piperidine rings is 1. The van der Waals surface area contributed by atoms with Gasteiger partial charge in [0.15, 0.2) is 5.16 Å². The maximum atomic E-state index is 12.4. The average Bonchev–Trinajstić information content (AvgIpc) is 3.39. The van der Waals surface area contributed by atoms with Crippen LogP contribution in [0.4, 0.5) is 11.6 Å². The number of nitrogens with zero attached hydrogens (tertiary/aromatic N) is 4. The summed E-state index contributed by atoms with van der Waals surface area (Å²) in [7, 11) is 0. The largest absolute Gasteiger partial charge is 0.341 e. The van der Waals surface area contributed by atoms with Crippen LogP contribution < -0.4 is 10.2 Å². The molecule has 1 N–H and O–H groups in total. The smallest absolute Gasteiger partial charge is 0.234 e. The lowest BCUT2D eigenvalue weighted by molar-refractivity contribution is -0.113. The summed E-state index contributed by atoms with van der Waals surface area (Å²) < 4.78 is 2.23. The summed E-state index contributed by atoms with van der Waals surface area (Å²) in [6.07, 6.45) is 4.67. The zero-order chi connectivity index (χ0) is 19.7. The summed E-state index contributed by atoms with van der Waals surface area (Å²) in [5.74, 6) is 1.86. The summed E-state index contributed by atoms with van der Waals surface area (Å²) >= 11 is 13.4. The minimum Gasteiger partial charge on any atom is -0.341 e. The van der Waals surface area contributed by atoms with Crippen LogP contribution >= 0.6 is 35.0 Å². The lowest BCUT2D eigenvalue weighted by Crippen LogP contribution is -2.34. The molecular formula is C19H23Cl2N5OS. The van der Waals surface area contributed by atoms with Crippen LogP contribution in [0.3, 0.4) is 0 Å². The normalized spacial score (nSPS) is 17.8. The minimum atomic E-state index is -0.123. The fourth-order valence-electron chi connectivity index (χ4n) is 3.40. The van der Waals surface area contributed by atoms with Crippen LogP contribution in [-0.4, -0.2) is 39.5 Å². The van der Waals surface area contributed by atoms with E-state index in [2.05, 4.69) is 31.9 Å². The Bertz CT molecular complexity index is 842. The highest BCUT2D eigenvalue weighted by Gasteiger charge is 2.32. The van der Waals surface area contributed by atoms with Crippen molar-refractivity contribution < 1.29 is 4.79 Å². The Balaban J connectivity index is 1.41. The van der Waals surface area contributed by atoms with Gasteiger partial charge in [-0.1, -0.05) is 41.9 Å². The van der Waals surface area contributed by atoms with Gasteiger partial charge in [0.2, 0.25) is 11.9 Å². The van der Waals surface area contributed by atoms with Gasteiger partial charge in [0.25, 0.3) is 0 Å². The van der Waals surface area contributed by atoms with E-state index in [0.29, 0.717) is 21.8 Å². The molecule has 0 atom stereocenters. The van der Waals surface area contributed by atoms with Gasteiger partial charge in [0.1, 0.15) is 0 Å². The number of aromatic nitrogens is 3. The molecule has 0 bridgehead atoms. The van der Waals surface area contributed by atoms with Crippen molar-refractivity contribution in [3.05, 3.63) is 28.2 Å². The first kappa shape index (κ1) is 19.9. The lowest BCUT2D eigenvalue weighted by Gasteiger charge is -2.31. The summed E-state index contributed by atoms with van der Waals surface area (Å²) in [5.41, 5.74) is 0.592. The molecule has 6 nitrogen and oxygen atoms in total. The van der Waals surface area contributed by atoms with E-state index in [-0.39, 0.29) is 11.7 Å². The maximum Gasteiger partial charge on any atom is 0.234 e. The van der Waals surface area contributed by atoms with Crippen molar-refractivity contribution in [2.75, 3.05) is 29.1 Å². The predicted octanol–water partition coefficient (Wildman–Crippen LogP) is 4.89. The first-order valence-corrected chi connectivity index (χ1v) is 11.3. The van der Waals surface area contributed by atoms with E-state index in [9.17, 15) is 4.79 Å². The van der Waals surface area contributed by atoms with E-state index < -0.39 is 0 Å². The van der Waals surface area contributed by atoms with Gasteiger partial charge in [-0.3, -0.25) is 9.36 Å². The van der Waals surface area contributed by atoms with E-state index in [4.69, 9.17) is 23.2 Å². The first-order chi connectivity index (χ1) is 13.5. The second kappa shape index (κ2) is 8.51. The molecule has 1 saturated carbocycles. The van der Waals surface area contributed by atoms with Crippen LogP contribution in [0, 0.1) is 5.92 Å². The molecule has 1 amide bonds. The third-order valence-corrected chi connectivity index (χ3v) is 6.48. The van der Waals surface area contributed by atoms with Gasteiger partial charge < -0.3 is 10.2 Å². The van der Waals surface area contributed by atoms with Crippen LogP contribution in [0.25, 0.3) is 0 Å². The Morgan fingerprint density at radius 2 is 1.82 bits per heavy atom. The van der Waals surface area contributed by atoms with E-state index in [0.717, 1.165) is 43.0 Å². The van der Waals surface area contributed by atoms with Crippen LogP contribution in [-0.2, 0) is 4.79 Å². The number of carbonyl (C=O) groups is 1. The molecule has 0 radical (unpaired) electrons. The second-order valence-electron chi connectivity index (χ2n) is 7.55. The number of thioether (sulfide) groups is 1. The Labute approximate surface area is 179 Å². The van der Waals surface area contributed by atoms with Crippen molar-refractivity contribution in [2.24, 2.45) is 5.92 Å². The van der Waals surface area contributed by atoms with E-state index in [1.54, 1.807) is 18.2 Å². The summed E-state index contributed by atoms with van der Waals surface area (Å²) in [5, 5.41) is 13.5. The molecule has 1 aliphatic carbocycles. The van der Waals surface area contributed by atoms with Gasteiger partial charge in [0, 0.05) is 34.9 Å². The third-order valence-electron chi connectivity index (χ3n) is 5.10. The fourth-order valence-corrected chi connectivity index (χ4v) is 4.72. The molecule has 1 aliphatic heterocycles. The topological polar surface area (TPSA) is 63.1 Å². The number of halogens is 2. The lowest BCUT2D eigenvalue weighted by atomic mass is 10.00. The van der Waals surface area contributed by atoms with Crippen molar-refractivity contribution in [1.82, 2.24) is 14.8 Å². The Kier molecular flexibility index (Phi) is 6.04. The predicted molar refractivity (Wildman–Crippen MR) is 115 cm³/mol. The molecule has 0 unspecified atom stereocenters. The number of hydrogen-bond donors (Lipinski definition) is 1. The van der Waals surface area contributed by atoms with Crippen molar-refractivity contribution >= 4 is 52.5 Å². The van der Waals surface area contributed by atoms with Crippen LogP contribution in [0.15, 0.2) is 23.4 Å². The molecule has 4 rings (SSSR count). The second-order valence-corrected chi connectivity index (χ2v) is 9.36. The van der Waals surface area contributed by atoms with Crippen LogP contribution in [0.1, 0.15) is 38.6 Å². The van der Waals surface area contributed by atoms with Crippen molar-refractivity contribution in [1.29, 1.82) is 0 Å². The van der Waals surface area contributed by atoms with Gasteiger partial charge in [0.05, 0.1) is 5.75 Å². The molecule has 2 aliphatic rings. The highest BCUT2D eigenvalue weighted by Crippen LogP contribution is 2.41. The molecule has 28 heavy (non-hydrogen) atoms. The number of nitrogens with one attached hydrogen (secondary N) is 1. The van der Waals surface area contributed by atoms with Crippen molar-refractivity contribution in [3.8, 4) is 0 Å². The van der Waals surface area contributed by atoms with Crippen molar-refractivity contribution in [3.63, 3.8) is 0 Å². The van der Waals surface area contributed by atoms with E-state index in [1.807, 2.05) is 0 Å². The summed E-state index contributed by atoms with van der Waals surface area (Å²) in [6.45, 7) is 4.34. The Morgan fingerprint density at radius 1 is 1.14 bits per heavy atom. The Morgan fingerprint density at radius 3 is 2.46 bits per heavy atom. The molecule has 9 heteroatoms. The highest BCUT2D eigenvalue weighted by atomic mass is 35.5. The van der Waals surface area contributed by atoms with Crippen LogP contribution in [0.2, 0.25) is 10.0 Å². The maximum absolute atomic E-state index is 12.4. The molecule has 1 aromatic carbocycles. The van der Waals surface area contributed by atoms with E-state index >= 15 is 0 Å². The molecule has 1 saturated heterocycles. The molecule has 1 aromatic heterocycles. The summed E-state index contributed by atoms with van der Waals surface area (Å²) in [6, 6.07) is 5.45. The van der Waals surface area contributed by atoms with Crippen molar-refractivity contribution in [2.45, 2.75) is 43.8 Å². The minimum absolute atomic E-state index is 0.123. The fraction of sp³-hybridized carbons (Fsp3) is 0.526. The van der Waals surface area contributed by atoms with Crippen LogP contribution in [0.5, 0.6) is 0 Å². The number of rotatable bonds is 6. The molecule has 2 aromatic rings. The molecule has 150 valence electrons. The molecule has 2 heterocycles. The number of benzene rings is 1.